The number of aromatic carboxylic acids is 1. The minimum absolute atomic E-state index is 0.332. The third kappa shape index (κ3) is 5.28. The largest absolute Gasteiger partial charge is 0.478 e. The highest BCUT2D eigenvalue weighted by Gasteiger charge is 2.12. The highest BCUT2D eigenvalue weighted by molar-refractivity contribution is 5.89. The van der Waals surface area contributed by atoms with Crippen molar-refractivity contribution in [3.05, 3.63) is 35.4 Å². The van der Waals surface area contributed by atoms with Crippen LogP contribution in [0.25, 0.3) is 0 Å². The van der Waals surface area contributed by atoms with E-state index in [0.717, 1.165) is 24.8 Å². The molecule has 1 aliphatic carbocycles. The molecule has 0 saturated heterocycles. The predicted octanol–water partition coefficient (Wildman–Crippen LogP) is 4.75. The summed E-state index contributed by atoms with van der Waals surface area (Å²) in [5, 5.41) is 9.18. The monoisotopic (exact) mass is 301 g/mol. The topological polar surface area (TPSA) is 49.7 Å². The minimum atomic E-state index is -0.834. The van der Waals surface area contributed by atoms with E-state index in [-0.39, 0.29) is 0 Å². The van der Waals surface area contributed by atoms with Crippen LogP contribution < -0.4 is 0 Å². The van der Waals surface area contributed by atoms with Crippen molar-refractivity contribution < 1.29 is 9.90 Å². The van der Waals surface area contributed by atoms with Gasteiger partial charge in [-0.15, -0.1) is 0 Å². The zero-order chi connectivity index (χ0) is 15.8. The van der Waals surface area contributed by atoms with Crippen molar-refractivity contribution in [1.82, 2.24) is 0 Å². The van der Waals surface area contributed by atoms with Gasteiger partial charge < -0.3 is 5.11 Å². The molecule has 0 radical (unpaired) electrons. The number of rotatable bonds is 7. The van der Waals surface area contributed by atoms with Crippen LogP contribution in [0.15, 0.2) is 29.3 Å². The smallest absolute Gasteiger partial charge is 0.335 e. The number of nitrogens with zero attached hydrogens (tertiary/aromatic N) is 1. The van der Waals surface area contributed by atoms with E-state index >= 15 is 0 Å². The maximum Gasteiger partial charge on any atom is 0.335 e. The first-order chi connectivity index (χ1) is 10.7. The fraction of sp³-hybridized carbons (Fsp3) is 0.579. The van der Waals surface area contributed by atoms with E-state index in [0.29, 0.717) is 17.5 Å². The van der Waals surface area contributed by atoms with Crippen LogP contribution in [-0.4, -0.2) is 23.3 Å². The molecule has 0 aromatic heterocycles. The van der Waals surface area contributed by atoms with Gasteiger partial charge in [0.15, 0.2) is 0 Å². The first-order valence-electron chi connectivity index (χ1n) is 8.51. The van der Waals surface area contributed by atoms with Gasteiger partial charge in [0.05, 0.1) is 5.56 Å². The summed E-state index contributed by atoms with van der Waals surface area (Å²) < 4.78 is 0. The van der Waals surface area contributed by atoms with E-state index in [2.05, 4.69) is 13.1 Å². The minimum Gasteiger partial charge on any atom is -0.478 e. The average Bonchev–Trinajstić information content (AvgIpc) is 2.54. The Morgan fingerprint density at radius 1 is 1.32 bits per heavy atom. The number of hydrogen-bond acceptors (Lipinski definition) is 2. The van der Waals surface area contributed by atoms with Crippen molar-refractivity contribution in [2.75, 3.05) is 0 Å². The summed E-state index contributed by atoms with van der Waals surface area (Å²) in [6, 6.07) is 7.62. The van der Waals surface area contributed by atoms with Crippen LogP contribution in [0.5, 0.6) is 0 Å². The molecule has 0 spiro atoms. The van der Waals surface area contributed by atoms with Gasteiger partial charge in [-0.2, -0.15) is 0 Å². The van der Waals surface area contributed by atoms with Crippen molar-refractivity contribution in [1.29, 1.82) is 0 Å². The molecule has 1 saturated carbocycles. The Morgan fingerprint density at radius 2 is 2.05 bits per heavy atom. The van der Waals surface area contributed by atoms with Gasteiger partial charge in [-0.05, 0) is 56.6 Å². The second kappa shape index (κ2) is 8.72. The Hall–Kier alpha value is -1.64. The van der Waals surface area contributed by atoms with Crippen LogP contribution in [0, 0.1) is 5.92 Å². The molecule has 120 valence electrons. The van der Waals surface area contributed by atoms with E-state index in [4.69, 9.17) is 4.99 Å². The molecule has 1 N–H and O–H groups in total. The number of hydrogen-bond donors (Lipinski definition) is 1. The maximum absolute atomic E-state index is 11.2. The zero-order valence-corrected chi connectivity index (χ0v) is 13.5. The molecule has 1 aromatic carbocycles. The third-order valence-corrected chi connectivity index (χ3v) is 4.52. The summed E-state index contributed by atoms with van der Waals surface area (Å²) in [4.78, 5) is 15.9. The van der Waals surface area contributed by atoms with Gasteiger partial charge in [0.25, 0.3) is 0 Å². The van der Waals surface area contributed by atoms with Crippen LogP contribution in [0.3, 0.4) is 0 Å². The average molecular weight is 301 g/mol. The number of benzene rings is 1. The first kappa shape index (κ1) is 16.7. The van der Waals surface area contributed by atoms with Crippen molar-refractivity contribution >= 4 is 12.2 Å². The molecule has 1 aliphatic rings. The fourth-order valence-electron chi connectivity index (χ4n) is 3.16. The van der Waals surface area contributed by atoms with Gasteiger partial charge in [0, 0.05) is 12.3 Å². The van der Waals surface area contributed by atoms with Gasteiger partial charge in [-0.3, -0.25) is 4.99 Å². The lowest BCUT2D eigenvalue weighted by molar-refractivity contribution is 0.0695. The fourth-order valence-corrected chi connectivity index (χ4v) is 3.16. The second-order valence-electron chi connectivity index (χ2n) is 6.40. The maximum atomic E-state index is 11.2. The summed E-state index contributed by atoms with van der Waals surface area (Å²) in [5.74, 6) is -0.150. The van der Waals surface area contributed by atoms with E-state index in [9.17, 15) is 9.90 Å². The predicted molar refractivity (Wildman–Crippen MR) is 90.9 cm³/mol. The van der Waals surface area contributed by atoms with Crippen molar-refractivity contribution in [3.8, 4) is 0 Å². The summed E-state index contributed by atoms with van der Waals surface area (Å²) in [6.07, 6.45) is 11.6. The highest BCUT2D eigenvalue weighted by Crippen LogP contribution is 2.22. The Labute approximate surface area is 133 Å². The van der Waals surface area contributed by atoms with Crippen LogP contribution in [0.4, 0.5) is 0 Å². The number of carbonyl (C=O) groups is 1. The number of aliphatic imine (C=N–C) groups is 1. The molecular weight excluding hydrogens is 274 g/mol. The lowest BCUT2D eigenvalue weighted by Gasteiger charge is -2.17. The van der Waals surface area contributed by atoms with Crippen LogP contribution in [-0.2, 0) is 6.42 Å². The van der Waals surface area contributed by atoms with E-state index < -0.39 is 5.97 Å². The van der Waals surface area contributed by atoms with Gasteiger partial charge in [-0.25, -0.2) is 4.79 Å². The van der Waals surface area contributed by atoms with Gasteiger partial charge in [-0.1, -0.05) is 37.5 Å². The molecule has 22 heavy (non-hydrogen) atoms. The van der Waals surface area contributed by atoms with Gasteiger partial charge in [0.2, 0.25) is 0 Å². The number of carboxylic acids is 1. The molecular formula is C19H27NO2. The molecule has 1 fully saturated rings. The molecule has 3 nitrogen and oxygen atoms in total. The van der Waals surface area contributed by atoms with E-state index in [1.54, 1.807) is 12.1 Å². The Balaban J connectivity index is 1.76. The van der Waals surface area contributed by atoms with Crippen molar-refractivity contribution in [2.45, 2.75) is 64.3 Å². The second-order valence-corrected chi connectivity index (χ2v) is 6.40. The van der Waals surface area contributed by atoms with E-state index in [1.165, 1.54) is 32.1 Å². The Bertz CT molecular complexity index is 504. The first-order valence-corrected chi connectivity index (χ1v) is 8.51. The SMILES string of the molecule is CC(CCCc1ccccc1C(=O)O)N=CC1CCCCC1. The molecule has 1 atom stereocenters. The van der Waals surface area contributed by atoms with Crippen LogP contribution in [0.2, 0.25) is 0 Å². The van der Waals surface area contributed by atoms with Crippen molar-refractivity contribution in [2.24, 2.45) is 10.9 Å². The summed E-state index contributed by atoms with van der Waals surface area (Å²) in [6.45, 7) is 2.16. The molecule has 1 aromatic rings. The molecule has 1 unspecified atom stereocenters. The third-order valence-electron chi connectivity index (χ3n) is 4.52. The molecule has 0 bridgehead atoms. The number of carboxylic acid groups (broad SMARTS) is 1. The lowest BCUT2D eigenvalue weighted by Crippen LogP contribution is -2.09. The molecule has 3 heteroatoms. The van der Waals surface area contributed by atoms with Gasteiger partial charge >= 0.3 is 5.97 Å². The number of aryl methyl sites for hydroxylation is 1. The molecule has 0 aliphatic heterocycles. The Kier molecular flexibility index (Phi) is 6.63. The summed E-state index contributed by atoms with van der Waals surface area (Å²) >= 11 is 0. The Morgan fingerprint density at radius 3 is 2.77 bits per heavy atom. The standard InChI is InChI=1S/C19H27NO2/c1-15(20-14-16-9-3-2-4-10-16)8-7-12-17-11-5-6-13-18(17)19(21)22/h5-6,11,13-16H,2-4,7-10,12H2,1H3,(H,21,22). The normalized spacial score (nSPS) is 17.7. The summed E-state index contributed by atoms with van der Waals surface area (Å²) in [5.41, 5.74) is 1.36. The molecule has 0 amide bonds. The molecule has 2 rings (SSSR count). The molecule has 0 heterocycles. The van der Waals surface area contributed by atoms with Crippen LogP contribution in [0.1, 0.15) is 67.8 Å². The summed E-state index contributed by atoms with van der Waals surface area (Å²) in [7, 11) is 0. The quantitative estimate of drug-likeness (QED) is 0.739. The highest BCUT2D eigenvalue weighted by atomic mass is 16.4. The van der Waals surface area contributed by atoms with Crippen molar-refractivity contribution in [3.63, 3.8) is 0 Å². The zero-order valence-electron chi connectivity index (χ0n) is 13.5. The van der Waals surface area contributed by atoms with Crippen LogP contribution >= 0.6 is 0 Å². The lowest BCUT2D eigenvalue weighted by atomic mass is 9.90. The van der Waals surface area contributed by atoms with E-state index in [1.807, 2.05) is 12.1 Å². The van der Waals surface area contributed by atoms with Gasteiger partial charge in [0.1, 0.15) is 0 Å².